The van der Waals surface area contributed by atoms with Crippen LogP contribution in [0.5, 0.6) is 0 Å². The van der Waals surface area contributed by atoms with Gasteiger partial charge in [0.1, 0.15) is 11.6 Å². The number of hydrogen-bond acceptors (Lipinski definition) is 3. The largest absolute Gasteiger partial charge is 0.416 e. The first-order valence-corrected chi connectivity index (χ1v) is 7.92. The van der Waals surface area contributed by atoms with E-state index in [-0.39, 0.29) is 17.5 Å². The van der Waals surface area contributed by atoms with Gasteiger partial charge in [0, 0.05) is 30.8 Å². The number of ketones is 1. The lowest BCUT2D eigenvalue weighted by atomic mass is 9.89. The predicted molar refractivity (Wildman–Crippen MR) is 84.9 cm³/mol. The minimum absolute atomic E-state index is 0.0587. The number of hydrogen-bond donors (Lipinski definition) is 0. The molecule has 2 heterocycles. The van der Waals surface area contributed by atoms with Crippen molar-refractivity contribution in [2.45, 2.75) is 19.0 Å². The lowest BCUT2D eigenvalue weighted by molar-refractivity contribution is -0.137. The van der Waals surface area contributed by atoms with Gasteiger partial charge in [-0.2, -0.15) is 13.2 Å². The lowest BCUT2D eigenvalue weighted by Gasteiger charge is -2.32. The third kappa shape index (κ3) is 3.97. The molecule has 1 saturated heterocycles. The molecule has 1 aromatic carbocycles. The SMILES string of the molecule is O=C(c1ccc(F)cc1)C1CCN(c2cc(C(F)(F)F)ccn2)CC1. The number of carbonyl (C=O) groups excluding carboxylic acids is 1. The number of Topliss-reactive ketones (excluding diaryl/α,β-unsaturated/α-hetero) is 1. The van der Waals surface area contributed by atoms with Crippen molar-refractivity contribution in [2.24, 2.45) is 5.92 Å². The van der Waals surface area contributed by atoms with Crippen LogP contribution in [0.2, 0.25) is 0 Å². The summed E-state index contributed by atoms with van der Waals surface area (Å²) in [5.74, 6) is -0.409. The first-order valence-electron chi connectivity index (χ1n) is 7.92. The van der Waals surface area contributed by atoms with E-state index in [4.69, 9.17) is 0 Å². The maximum absolute atomic E-state index is 12.9. The highest BCUT2D eigenvalue weighted by Crippen LogP contribution is 2.32. The molecule has 3 nitrogen and oxygen atoms in total. The fourth-order valence-corrected chi connectivity index (χ4v) is 2.99. The summed E-state index contributed by atoms with van der Waals surface area (Å²) in [7, 11) is 0. The van der Waals surface area contributed by atoms with Crippen LogP contribution in [0.1, 0.15) is 28.8 Å². The van der Waals surface area contributed by atoms with Crippen molar-refractivity contribution in [2.75, 3.05) is 18.0 Å². The normalized spacial score (nSPS) is 16.1. The van der Waals surface area contributed by atoms with Crippen LogP contribution < -0.4 is 4.90 Å². The molecule has 3 rings (SSSR count). The molecule has 1 aromatic heterocycles. The van der Waals surface area contributed by atoms with Crippen molar-refractivity contribution in [3.8, 4) is 0 Å². The van der Waals surface area contributed by atoms with Gasteiger partial charge in [0.05, 0.1) is 5.56 Å². The molecule has 0 unspecified atom stereocenters. The van der Waals surface area contributed by atoms with Crippen molar-refractivity contribution >= 4 is 11.6 Å². The van der Waals surface area contributed by atoms with E-state index in [1.54, 1.807) is 4.90 Å². The fraction of sp³-hybridized carbons (Fsp3) is 0.333. The van der Waals surface area contributed by atoms with Gasteiger partial charge in [-0.25, -0.2) is 9.37 Å². The second-order valence-electron chi connectivity index (χ2n) is 6.03. The first-order chi connectivity index (χ1) is 11.8. The van der Waals surface area contributed by atoms with E-state index in [2.05, 4.69) is 4.98 Å². The van der Waals surface area contributed by atoms with Crippen LogP contribution in [0.4, 0.5) is 23.4 Å². The van der Waals surface area contributed by atoms with Gasteiger partial charge in [0.2, 0.25) is 0 Å². The minimum Gasteiger partial charge on any atom is -0.357 e. The highest BCUT2D eigenvalue weighted by molar-refractivity contribution is 5.97. The number of alkyl halides is 3. The van der Waals surface area contributed by atoms with Crippen molar-refractivity contribution in [3.05, 3.63) is 59.5 Å². The van der Waals surface area contributed by atoms with Crippen molar-refractivity contribution < 1.29 is 22.4 Å². The molecule has 0 N–H and O–H groups in total. The Balaban J connectivity index is 1.66. The summed E-state index contributed by atoms with van der Waals surface area (Å²) in [5.41, 5.74) is -0.279. The molecule has 1 aliphatic rings. The van der Waals surface area contributed by atoms with Gasteiger partial charge in [0.15, 0.2) is 5.78 Å². The Bertz CT molecular complexity index is 750. The second-order valence-corrected chi connectivity index (χ2v) is 6.03. The van der Waals surface area contributed by atoms with Crippen LogP contribution in [0.15, 0.2) is 42.6 Å². The van der Waals surface area contributed by atoms with Crippen LogP contribution in [0, 0.1) is 11.7 Å². The molecule has 0 amide bonds. The van der Waals surface area contributed by atoms with Crippen LogP contribution in [-0.4, -0.2) is 23.9 Å². The van der Waals surface area contributed by atoms with Crippen LogP contribution in [-0.2, 0) is 6.18 Å². The number of nitrogens with zero attached hydrogens (tertiary/aromatic N) is 2. The van der Waals surface area contributed by atoms with E-state index in [1.807, 2.05) is 0 Å². The third-order valence-corrected chi connectivity index (χ3v) is 4.39. The highest BCUT2D eigenvalue weighted by Gasteiger charge is 2.32. The summed E-state index contributed by atoms with van der Waals surface area (Å²) in [6, 6.07) is 7.37. The van der Waals surface area contributed by atoms with E-state index in [9.17, 15) is 22.4 Å². The van der Waals surface area contributed by atoms with Crippen molar-refractivity contribution in [1.29, 1.82) is 0 Å². The van der Waals surface area contributed by atoms with Gasteiger partial charge in [0.25, 0.3) is 0 Å². The Hall–Kier alpha value is -2.44. The third-order valence-electron chi connectivity index (χ3n) is 4.39. The number of piperidine rings is 1. The van der Waals surface area contributed by atoms with E-state index >= 15 is 0 Å². The quantitative estimate of drug-likeness (QED) is 0.609. The van der Waals surface area contributed by atoms with Crippen LogP contribution >= 0.6 is 0 Å². The molecule has 0 saturated carbocycles. The Morgan fingerprint density at radius 3 is 2.32 bits per heavy atom. The zero-order valence-corrected chi connectivity index (χ0v) is 13.3. The molecular weight excluding hydrogens is 336 g/mol. The molecule has 25 heavy (non-hydrogen) atoms. The Labute approximate surface area is 142 Å². The minimum atomic E-state index is -4.41. The summed E-state index contributed by atoms with van der Waals surface area (Å²) >= 11 is 0. The zero-order valence-electron chi connectivity index (χ0n) is 13.3. The number of pyridine rings is 1. The van der Waals surface area contributed by atoms with Gasteiger partial charge in [-0.05, 0) is 49.2 Å². The van der Waals surface area contributed by atoms with Gasteiger partial charge in [-0.3, -0.25) is 4.79 Å². The molecule has 7 heteroatoms. The smallest absolute Gasteiger partial charge is 0.357 e. The van der Waals surface area contributed by atoms with Gasteiger partial charge < -0.3 is 4.90 Å². The van der Waals surface area contributed by atoms with Crippen molar-refractivity contribution in [1.82, 2.24) is 4.98 Å². The number of carbonyl (C=O) groups is 1. The standard InChI is InChI=1S/C18H16F4N2O/c19-15-3-1-12(2-4-15)17(25)13-6-9-24(10-7-13)16-11-14(5-8-23-16)18(20,21)22/h1-5,8,11,13H,6-7,9-10H2. The number of anilines is 1. The molecule has 0 atom stereocenters. The van der Waals surface area contributed by atoms with E-state index in [0.717, 1.165) is 18.3 Å². The van der Waals surface area contributed by atoms with E-state index < -0.39 is 17.6 Å². The molecule has 0 aliphatic carbocycles. The molecule has 1 aliphatic heterocycles. The Morgan fingerprint density at radius 1 is 1.08 bits per heavy atom. The molecule has 132 valence electrons. The zero-order chi connectivity index (χ0) is 18.0. The molecule has 0 radical (unpaired) electrons. The summed E-state index contributed by atoms with van der Waals surface area (Å²) in [5, 5.41) is 0. The van der Waals surface area contributed by atoms with E-state index in [1.165, 1.54) is 24.3 Å². The average molecular weight is 352 g/mol. The summed E-state index contributed by atoms with van der Waals surface area (Å²) in [6.07, 6.45) is -2.22. The molecule has 2 aromatic rings. The van der Waals surface area contributed by atoms with Gasteiger partial charge in [-0.1, -0.05) is 0 Å². The maximum Gasteiger partial charge on any atom is 0.416 e. The average Bonchev–Trinajstić information content (AvgIpc) is 2.61. The number of rotatable bonds is 3. The lowest BCUT2D eigenvalue weighted by Crippen LogP contribution is -2.37. The second kappa shape index (κ2) is 6.82. The Kier molecular flexibility index (Phi) is 4.74. The fourth-order valence-electron chi connectivity index (χ4n) is 2.99. The number of halogens is 4. The molecule has 0 bridgehead atoms. The molecular formula is C18H16F4N2O. The molecule has 1 fully saturated rings. The van der Waals surface area contributed by atoms with Crippen LogP contribution in [0.3, 0.4) is 0 Å². The van der Waals surface area contributed by atoms with E-state index in [0.29, 0.717) is 31.5 Å². The Morgan fingerprint density at radius 2 is 1.72 bits per heavy atom. The van der Waals surface area contributed by atoms with Gasteiger partial charge >= 0.3 is 6.18 Å². The predicted octanol–water partition coefficient (Wildman–Crippen LogP) is 4.34. The summed E-state index contributed by atoms with van der Waals surface area (Å²) < 4.78 is 51.3. The summed E-state index contributed by atoms with van der Waals surface area (Å²) in [4.78, 5) is 18.2. The first kappa shape index (κ1) is 17.4. The van der Waals surface area contributed by atoms with Crippen molar-refractivity contribution in [3.63, 3.8) is 0 Å². The number of aromatic nitrogens is 1. The summed E-state index contributed by atoms with van der Waals surface area (Å²) in [6.45, 7) is 0.901. The monoisotopic (exact) mass is 352 g/mol. The van der Waals surface area contributed by atoms with Crippen LogP contribution in [0.25, 0.3) is 0 Å². The number of benzene rings is 1. The topological polar surface area (TPSA) is 33.2 Å². The molecule has 0 spiro atoms. The van der Waals surface area contributed by atoms with Gasteiger partial charge in [-0.15, -0.1) is 0 Å². The highest BCUT2D eigenvalue weighted by atomic mass is 19.4. The maximum atomic E-state index is 12.9.